The van der Waals surface area contributed by atoms with Crippen LogP contribution >= 0.6 is 15.9 Å². The van der Waals surface area contributed by atoms with Crippen LogP contribution in [0.3, 0.4) is 0 Å². The number of halogens is 1. The summed E-state index contributed by atoms with van der Waals surface area (Å²) in [6.07, 6.45) is 0.702. The third kappa shape index (κ3) is 4.02. The maximum Gasteiger partial charge on any atom is 0.242 e. The number of benzene rings is 2. The van der Waals surface area contributed by atoms with Gasteiger partial charge in [0.2, 0.25) is 15.9 Å². The fourth-order valence-electron chi connectivity index (χ4n) is 3.30. The van der Waals surface area contributed by atoms with Crippen molar-refractivity contribution in [2.24, 2.45) is 0 Å². The first-order valence-corrected chi connectivity index (χ1v) is 10.8. The zero-order valence-electron chi connectivity index (χ0n) is 15.3. The molecule has 1 aliphatic heterocycles. The minimum absolute atomic E-state index is 0.00890. The molecule has 2 aromatic carbocycles. The Morgan fingerprint density at radius 1 is 1.30 bits per heavy atom. The van der Waals surface area contributed by atoms with E-state index in [4.69, 9.17) is 4.74 Å². The van der Waals surface area contributed by atoms with Gasteiger partial charge in [0.1, 0.15) is 5.75 Å². The number of anilines is 1. The molecule has 1 amide bonds. The summed E-state index contributed by atoms with van der Waals surface area (Å²) in [5, 5.41) is 0. The molecule has 1 aliphatic rings. The fourth-order valence-corrected chi connectivity index (χ4v) is 5.43. The Hall–Kier alpha value is -1.90. The Bertz CT molecular complexity index is 974. The average molecular weight is 453 g/mol. The lowest BCUT2D eigenvalue weighted by Crippen LogP contribution is -2.33. The van der Waals surface area contributed by atoms with Crippen molar-refractivity contribution in [2.75, 3.05) is 12.0 Å². The molecular weight excluding hydrogens is 432 g/mol. The zero-order chi connectivity index (χ0) is 19.8. The lowest BCUT2D eigenvalue weighted by molar-refractivity contribution is -0.116. The van der Waals surface area contributed by atoms with E-state index in [1.807, 2.05) is 6.92 Å². The standard InChI is InChI=1S/C19H21BrN2O4S/c1-12-8-15-9-17(20)19(10-18(15)22(12)13(2)23)27(24,25)21-11-14-4-6-16(26-3)7-5-14/h4-7,9-10,12,21H,8,11H2,1-3H3/t12-/m0/s1. The molecule has 8 heteroatoms. The van der Waals surface area contributed by atoms with Crippen molar-refractivity contribution in [1.82, 2.24) is 4.72 Å². The van der Waals surface area contributed by atoms with Crippen molar-refractivity contribution in [2.45, 2.75) is 37.8 Å². The minimum Gasteiger partial charge on any atom is -0.497 e. The summed E-state index contributed by atoms with van der Waals surface area (Å²) in [4.78, 5) is 13.7. The highest BCUT2D eigenvalue weighted by molar-refractivity contribution is 9.10. The van der Waals surface area contributed by atoms with E-state index in [0.29, 0.717) is 22.3 Å². The molecule has 144 valence electrons. The normalized spacial score (nSPS) is 16.3. The largest absolute Gasteiger partial charge is 0.497 e. The fraction of sp³-hybridized carbons (Fsp3) is 0.316. The van der Waals surface area contributed by atoms with Gasteiger partial charge < -0.3 is 9.64 Å². The van der Waals surface area contributed by atoms with E-state index in [-0.39, 0.29) is 23.4 Å². The van der Waals surface area contributed by atoms with E-state index in [0.717, 1.165) is 11.1 Å². The molecule has 0 saturated carbocycles. The van der Waals surface area contributed by atoms with Gasteiger partial charge in [-0.3, -0.25) is 4.79 Å². The number of hydrogen-bond acceptors (Lipinski definition) is 4. The Kier molecular flexibility index (Phi) is 5.60. The summed E-state index contributed by atoms with van der Waals surface area (Å²) in [5.74, 6) is 0.611. The minimum atomic E-state index is -3.76. The van der Waals surface area contributed by atoms with Crippen LogP contribution in [0.15, 0.2) is 45.8 Å². The summed E-state index contributed by atoms with van der Waals surface area (Å²) >= 11 is 3.37. The predicted molar refractivity (Wildman–Crippen MR) is 107 cm³/mol. The lowest BCUT2D eigenvalue weighted by atomic mass is 10.1. The number of rotatable bonds is 5. The van der Waals surface area contributed by atoms with Crippen LogP contribution in [0, 0.1) is 0 Å². The lowest BCUT2D eigenvalue weighted by Gasteiger charge is -2.21. The molecule has 1 heterocycles. The van der Waals surface area contributed by atoms with Crippen molar-refractivity contribution in [1.29, 1.82) is 0 Å². The van der Waals surface area contributed by atoms with Crippen LogP contribution in [-0.2, 0) is 27.8 Å². The van der Waals surface area contributed by atoms with Crippen LogP contribution in [0.5, 0.6) is 5.75 Å². The first kappa shape index (κ1) is 19.9. The van der Waals surface area contributed by atoms with E-state index in [2.05, 4.69) is 20.7 Å². The van der Waals surface area contributed by atoms with Crippen LogP contribution in [-0.4, -0.2) is 27.5 Å². The number of nitrogens with zero attached hydrogens (tertiary/aromatic N) is 1. The Morgan fingerprint density at radius 3 is 2.56 bits per heavy atom. The molecule has 0 aliphatic carbocycles. The molecule has 1 N–H and O–H groups in total. The molecular formula is C19H21BrN2O4S. The SMILES string of the molecule is COc1ccc(CNS(=O)(=O)c2cc3c(cc2Br)C[C@H](C)N3C(C)=O)cc1. The van der Waals surface area contributed by atoms with Crippen LogP contribution in [0.25, 0.3) is 0 Å². The molecule has 0 unspecified atom stereocenters. The number of carbonyl (C=O) groups excluding carboxylic acids is 1. The van der Waals surface area contributed by atoms with Crippen molar-refractivity contribution < 1.29 is 17.9 Å². The van der Waals surface area contributed by atoms with Gasteiger partial charge in [0.15, 0.2) is 0 Å². The van der Waals surface area contributed by atoms with Crippen LogP contribution in [0.2, 0.25) is 0 Å². The van der Waals surface area contributed by atoms with Crippen molar-refractivity contribution in [3.05, 3.63) is 52.0 Å². The van der Waals surface area contributed by atoms with Gasteiger partial charge in [-0.25, -0.2) is 13.1 Å². The number of nitrogens with one attached hydrogen (secondary N) is 1. The van der Waals surface area contributed by atoms with E-state index in [1.54, 1.807) is 48.4 Å². The van der Waals surface area contributed by atoms with Crippen LogP contribution < -0.4 is 14.4 Å². The zero-order valence-corrected chi connectivity index (χ0v) is 17.7. The molecule has 0 radical (unpaired) electrons. The molecule has 6 nitrogen and oxygen atoms in total. The number of methoxy groups -OCH3 is 1. The number of amides is 1. The number of sulfonamides is 1. The topological polar surface area (TPSA) is 75.7 Å². The maximum absolute atomic E-state index is 12.8. The molecule has 1 atom stereocenters. The highest BCUT2D eigenvalue weighted by Crippen LogP contribution is 2.38. The average Bonchev–Trinajstić information content (AvgIpc) is 2.94. The highest BCUT2D eigenvalue weighted by atomic mass is 79.9. The Labute approximate surface area is 167 Å². The number of fused-ring (bicyclic) bond motifs is 1. The van der Waals surface area contributed by atoms with Gasteiger partial charge in [-0.05, 0) is 64.7 Å². The monoisotopic (exact) mass is 452 g/mol. The summed E-state index contributed by atoms with van der Waals surface area (Å²) in [6, 6.07) is 10.5. The van der Waals surface area contributed by atoms with Crippen LogP contribution in [0.1, 0.15) is 25.0 Å². The number of hydrogen-bond donors (Lipinski definition) is 1. The van der Waals surface area contributed by atoms with Gasteiger partial charge in [0, 0.05) is 29.7 Å². The number of ether oxygens (including phenoxy) is 1. The molecule has 0 saturated heterocycles. The Balaban J connectivity index is 1.87. The van der Waals surface area contributed by atoms with Crippen LogP contribution in [0.4, 0.5) is 5.69 Å². The molecule has 27 heavy (non-hydrogen) atoms. The molecule has 0 spiro atoms. The second-order valence-electron chi connectivity index (χ2n) is 6.53. The quantitative estimate of drug-likeness (QED) is 0.755. The van der Waals surface area contributed by atoms with Gasteiger partial charge >= 0.3 is 0 Å². The summed E-state index contributed by atoms with van der Waals surface area (Å²) < 4.78 is 33.9. The van der Waals surface area contributed by atoms with E-state index in [9.17, 15) is 13.2 Å². The van der Waals surface area contributed by atoms with Gasteiger partial charge in [0.05, 0.1) is 12.0 Å². The van der Waals surface area contributed by atoms with Gasteiger partial charge in [0.25, 0.3) is 0 Å². The summed E-state index contributed by atoms with van der Waals surface area (Å²) in [5.41, 5.74) is 2.43. The molecule has 2 aromatic rings. The van der Waals surface area contributed by atoms with E-state index in [1.165, 1.54) is 6.92 Å². The first-order valence-electron chi connectivity index (χ1n) is 8.47. The first-order chi connectivity index (χ1) is 12.7. The molecule has 0 fully saturated rings. The van der Waals surface area contributed by atoms with Crippen molar-refractivity contribution in [3.8, 4) is 5.75 Å². The number of carbonyl (C=O) groups is 1. The van der Waals surface area contributed by atoms with E-state index < -0.39 is 10.0 Å². The summed E-state index contributed by atoms with van der Waals surface area (Å²) in [7, 11) is -2.18. The van der Waals surface area contributed by atoms with Gasteiger partial charge in [-0.1, -0.05) is 12.1 Å². The predicted octanol–water partition coefficient (Wildman–Crippen LogP) is 3.23. The highest BCUT2D eigenvalue weighted by Gasteiger charge is 2.31. The van der Waals surface area contributed by atoms with Crippen molar-refractivity contribution >= 4 is 37.5 Å². The molecule has 0 aromatic heterocycles. The maximum atomic E-state index is 12.8. The second kappa shape index (κ2) is 7.61. The molecule has 3 rings (SSSR count). The Morgan fingerprint density at radius 2 is 1.96 bits per heavy atom. The smallest absolute Gasteiger partial charge is 0.242 e. The van der Waals surface area contributed by atoms with Crippen molar-refractivity contribution in [3.63, 3.8) is 0 Å². The molecule has 0 bridgehead atoms. The van der Waals surface area contributed by atoms with Gasteiger partial charge in [-0.2, -0.15) is 0 Å². The van der Waals surface area contributed by atoms with Gasteiger partial charge in [-0.15, -0.1) is 0 Å². The summed E-state index contributed by atoms with van der Waals surface area (Å²) in [6.45, 7) is 3.60. The third-order valence-electron chi connectivity index (χ3n) is 4.60. The third-order valence-corrected chi connectivity index (χ3v) is 6.96. The van der Waals surface area contributed by atoms with E-state index >= 15 is 0 Å². The second-order valence-corrected chi connectivity index (χ2v) is 9.12.